The highest BCUT2D eigenvalue weighted by molar-refractivity contribution is 7.99. The molecule has 4 rings (SSSR count). The molecule has 154 valence electrons. The highest BCUT2D eigenvalue weighted by Gasteiger charge is 2.25. The molecule has 0 saturated carbocycles. The molecule has 0 spiro atoms. The van der Waals surface area contributed by atoms with Crippen LogP contribution in [0.2, 0.25) is 0 Å². The second-order valence-electron chi connectivity index (χ2n) is 7.21. The predicted octanol–water partition coefficient (Wildman–Crippen LogP) is 2.82. The summed E-state index contributed by atoms with van der Waals surface area (Å²) >= 11 is 1.71. The molecule has 3 heterocycles. The Labute approximate surface area is 180 Å². The van der Waals surface area contributed by atoms with Crippen LogP contribution in [0.1, 0.15) is 16.8 Å². The number of piperazine rings is 1. The largest absolute Gasteiger partial charge is 0.485 e. The van der Waals surface area contributed by atoms with Crippen molar-refractivity contribution in [2.75, 3.05) is 56.6 Å². The molecule has 0 radical (unpaired) electrons. The minimum Gasteiger partial charge on any atom is -0.485 e. The lowest BCUT2D eigenvalue weighted by atomic mass is 10.1. The number of hydrogen-bond donors (Lipinski definition) is 0. The summed E-state index contributed by atoms with van der Waals surface area (Å²) < 4.78 is 11.6. The molecule has 7 nitrogen and oxygen atoms in total. The van der Waals surface area contributed by atoms with E-state index in [2.05, 4.69) is 26.9 Å². The molecule has 1 aromatic carbocycles. The topological polar surface area (TPSA) is 85.4 Å². The van der Waals surface area contributed by atoms with Crippen molar-refractivity contribution in [3.05, 3.63) is 41.2 Å². The van der Waals surface area contributed by atoms with Gasteiger partial charge in [-0.3, -0.25) is 9.88 Å². The van der Waals surface area contributed by atoms with E-state index in [1.807, 2.05) is 25.1 Å². The number of nitriles is 2. The Kier molecular flexibility index (Phi) is 6.27. The summed E-state index contributed by atoms with van der Waals surface area (Å²) in [5.74, 6) is 2.20. The highest BCUT2D eigenvalue weighted by Crippen LogP contribution is 2.42. The lowest BCUT2D eigenvalue weighted by molar-refractivity contribution is 0.171. The van der Waals surface area contributed by atoms with E-state index in [1.54, 1.807) is 18.0 Å². The van der Waals surface area contributed by atoms with E-state index < -0.39 is 0 Å². The van der Waals surface area contributed by atoms with Crippen LogP contribution in [-0.4, -0.2) is 61.6 Å². The predicted molar refractivity (Wildman–Crippen MR) is 115 cm³/mol. The number of rotatable bonds is 5. The Hall–Kier alpha value is -2.94. The van der Waals surface area contributed by atoms with E-state index in [0.717, 1.165) is 54.8 Å². The number of thioether (sulfide) groups is 1. The lowest BCUT2D eigenvalue weighted by Gasteiger charge is -2.37. The normalized spacial score (nSPS) is 16.0. The van der Waals surface area contributed by atoms with Crippen LogP contribution < -0.4 is 14.4 Å². The summed E-state index contributed by atoms with van der Waals surface area (Å²) in [6.45, 7) is 7.59. The first-order valence-corrected chi connectivity index (χ1v) is 11.0. The van der Waals surface area contributed by atoms with Gasteiger partial charge in [0.15, 0.2) is 11.5 Å². The Morgan fingerprint density at radius 1 is 1.03 bits per heavy atom. The van der Waals surface area contributed by atoms with Gasteiger partial charge in [-0.1, -0.05) is 0 Å². The molecule has 0 atom stereocenters. The van der Waals surface area contributed by atoms with Crippen molar-refractivity contribution < 1.29 is 9.47 Å². The lowest BCUT2D eigenvalue weighted by Crippen LogP contribution is -2.47. The van der Waals surface area contributed by atoms with E-state index >= 15 is 0 Å². The van der Waals surface area contributed by atoms with Gasteiger partial charge in [0, 0.05) is 55.3 Å². The van der Waals surface area contributed by atoms with Crippen molar-refractivity contribution in [1.29, 1.82) is 10.5 Å². The molecule has 0 N–H and O–H groups in total. The monoisotopic (exact) mass is 421 g/mol. The molecule has 8 heteroatoms. The second-order valence-corrected chi connectivity index (χ2v) is 8.35. The maximum atomic E-state index is 9.31. The van der Waals surface area contributed by atoms with Gasteiger partial charge >= 0.3 is 0 Å². The Balaban J connectivity index is 1.34. The third-order valence-corrected chi connectivity index (χ3v) is 6.32. The first-order valence-electron chi connectivity index (χ1n) is 9.99. The van der Waals surface area contributed by atoms with Crippen LogP contribution >= 0.6 is 11.8 Å². The van der Waals surface area contributed by atoms with Crippen LogP contribution in [0.25, 0.3) is 0 Å². The number of hydrogen-bond acceptors (Lipinski definition) is 8. The van der Waals surface area contributed by atoms with Gasteiger partial charge in [0.05, 0.1) is 16.8 Å². The van der Waals surface area contributed by atoms with Gasteiger partial charge in [-0.05, 0) is 25.1 Å². The molecule has 0 aliphatic carbocycles. The molecule has 0 bridgehead atoms. The van der Waals surface area contributed by atoms with E-state index in [4.69, 9.17) is 9.47 Å². The highest BCUT2D eigenvalue weighted by atomic mass is 32.2. The number of pyridine rings is 1. The number of anilines is 1. The maximum absolute atomic E-state index is 9.31. The Bertz CT molecular complexity index is 1010. The zero-order chi connectivity index (χ0) is 20.9. The fourth-order valence-electron chi connectivity index (χ4n) is 3.69. The van der Waals surface area contributed by atoms with Crippen LogP contribution in [0.15, 0.2) is 29.3 Å². The average Bonchev–Trinajstić information content (AvgIpc) is 2.79. The van der Waals surface area contributed by atoms with E-state index in [9.17, 15) is 10.5 Å². The Morgan fingerprint density at radius 3 is 2.50 bits per heavy atom. The standard InChI is InChI=1S/C22H23N5O2S/c1-16-12-20(18(14-24)15-25-16)30-11-8-26-4-6-27(7-5-26)19-3-2-17(13-23)21-22(19)29-10-9-28-21/h2-3,12,15H,4-11H2,1H3. The van der Waals surface area contributed by atoms with Crippen molar-refractivity contribution >= 4 is 17.4 Å². The van der Waals surface area contributed by atoms with Crippen molar-refractivity contribution in [3.8, 4) is 23.6 Å². The van der Waals surface area contributed by atoms with Gasteiger partial charge in [-0.25, -0.2) is 0 Å². The molecule has 30 heavy (non-hydrogen) atoms. The summed E-state index contributed by atoms with van der Waals surface area (Å²) in [6.07, 6.45) is 1.65. The van der Waals surface area contributed by atoms with Crippen molar-refractivity contribution in [3.63, 3.8) is 0 Å². The summed E-state index contributed by atoms with van der Waals surface area (Å²) in [4.78, 5) is 9.95. The second kappa shape index (κ2) is 9.25. The number of ether oxygens (including phenoxy) is 2. The van der Waals surface area contributed by atoms with Gasteiger partial charge in [0.2, 0.25) is 0 Å². The summed E-state index contributed by atoms with van der Waals surface area (Å²) in [7, 11) is 0. The van der Waals surface area contributed by atoms with Crippen LogP contribution in [0.5, 0.6) is 11.5 Å². The van der Waals surface area contributed by atoms with Crippen molar-refractivity contribution in [2.45, 2.75) is 11.8 Å². The number of nitrogens with zero attached hydrogens (tertiary/aromatic N) is 5. The quantitative estimate of drug-likeness (QED) is 0.682. The molecule has 2 aromatic rings. The zero-order valence-electron chi connectivity index (χ0n) is 16.9. The van der Waals surface area contributed by atoms with Gasteiger partial charge in [0.25, 0.3) is 0 Å². The first-order chi connectivity index (χ1) is 14.7. The molecule has 0 unspecified atom stereocenters. The molecule has 1 saturated heterocycles. The average molecular weight is 422 g/mol. The smallest absolute Gasteiger partial charge is 0.186 e. The summed E-state index contributed by atoms with van der Waals surface area (Å²) in [5, 5.41) is 18.6. The molecule has 2 aliphatic heterocycles. The van der Waals surface area contributed by atoms with Crippen LogP contribution in [0.3, 0.4) is 0 Å². The minimum atomic E-state index is 0.473. The van der Waals surface area contributed by atoms with Crippen molar-refractivity contribution in [2.24, 2.45) is 0 Å². The zero-order valence-corrected chi connectivity index (χ0v) is 17.7. The van der Waals surface area contributed by atoms with E-state index in [0.29, 0.717) is 35.8 Å². The van der Waals surface area contributed by atoms with E-state index in [-0.39, 0.29) is 0 Å². The number of aromatic nitrogens is 1. The summed E-state index contributed by atoms with van der Waals surface area (Å²) in [5.41, 5.74) is 3.10. The SMILES string of the molecule is Cc1cc(SCCN2CCN(c3ccc(C#N)c4c3OCCO4)CC2)c(C#N)cn1. The van der Waals surface area contributed by atoms with Gasteiger partial charge < -0.3 is 14.4 Å². The number of fused-ring (bicyclic) bond motifs is 1. The minimum absolute atomic E-state index is 0.473. The number of aryl methyl sites for hydroxylation is 1. The van der Waals surface area contributed by atoms with Crippen LogP contribution in [0.4, 0.5) is 5.69 Å². The van der Waals surface area contributed by atoms with Gasteiger partial charge in [-0.15, -0.1) is 11.8 Å². The molecule has 1 fully saturated rings. The first kappa shape index (κ1) is 20.3. The Morgan fingerprint density at radius 2 is 1.77 bits per heavy atom. The number of benzene rings is 1. The van der Waals surface area contributed by atoms with Crippen LogP contribution in [0, 0.1) is 29.6 Å². The van der Waals surface area contributed by atoms with E-state index in [1.165, 1.54) is 0 Å². The van der Waals surface area contributed by atoms with Crippen LogP contribution in [-0.2, 0) is 0 Å². The van der Waals surface area contributed by atoms with Gasteiger partial charge in [0.1, 0.15) is 25.4 Å². The summed E-state index contributed by atoms with van der Waals surface area (Å²) in [6, 6.07) is 10.2. The maximum Gasteiger partial charge on any atom is 0.186 e. The molecule has 2 aliphatic rings. The van der Waals surface area contributed by atoms with Gasteiger partial charge in [-0.2, -0.15) is 10.5 Å². The molecule has 1 aromatic heterocycles. The molecular weight excluding hydrogens is 398 g/mol. The fraction of sp³-hybridized carbons (Fsp3) is 0.409. The fourth-order valence-corrected chi connectivity index (χ4v) is 4.77. The molecular formula is C22H23N5O2S. The molecule has 0 amide bonds. The van der Waals surface area contributed by atoms with Crippen molar-refractivity contribution in [1.82, 2.24) is 9.88 Å². The third kappa shape index (κ3) is 4.30. The third-order valence-electron chi connectivity index (χ3n) is 5.29.